The lowest BCUT2D eigenvalue weighted by Gasteiger charge is -2.14. The Kier molecular flexibility index (Phi) is 3.77. The molecule has 0 aliphatic carbocycles. The van der Waals surface area contributed by atoms with Crippen molar-refractivity contribution in [3.8, 4) is 22.4 Å². The van der Waals surface area contributed by atoms with E-state index in [4.69, 9.17) is 5.73 Å². The molecule has 0 fully saturated rings. The van der Waals surface area contributed by atoms with Crippen LogP contribution in [0.4, 0.5) is 5.69 Å². The summed E-state index contributed by atoms with van der Waals surface area (Å²) >= 11 is 0. The van der Waals surface area contributed by atoms with E-state index >= 15 is 0 Å². The largest absolute Gasteiger partial charge is 0.399 e. The van der Waals surface area contributed by atoms with E-state index in [0.29, 0.717) is 5.69 Å². The van der Waals surface area contributed by atoms with Crippen LogP contribution in [0.2, 0.25) is 0 Å². The number of hydrogen-bond acceptors (Lipinski definition) is 3. The molecule has 2 rings (SSSR count). The van der Waals surface area contributed by atoms with Crippen LogP contribution >= 0.6 is 10.0 Å². The molecular weight excluding hydrogens is 254 g/mol. The summed E-state index contributed by atoms with van der Waals surface area (Å²) in [6, 6.07) is 7.58. The molecule has 0 aliphatic heterocycles. The van der Waals surface area contributed by atoms with Crippen molar-refractivity contribution in [1.29, 1.82) is 0 Å². The Bertz CT molecular complexity index is 631. The van der Waals surface area contributed by atoms with Gasteiger partial charge in [-0.2, -0.15) is 10.0 Å². The second-order valence-corrected chi connectivity index (χ2v) is 8.85. The number of rotatable bonds is 1. The van der Waals surface area contributed by atoms with E-state index in [2.05, 4.69) is 39.9 Å². The summed E-state index contributed by atoms with van der Waals surface area (Å²) < 4.78 is 0. The number of hydrogen-bond donors (Lipinski definition) is 1. The van der Waals surface area contributed by atoms with Gasteiger partial charge in [0.25, 0.3) is 0 Å². The Hall–Kier alpha value is -1.99. The highest BCUT2D eigenvalue weighted by Crippen LogP contribution is 2.32. The van der Waals surface area contributed by atoms with Gasteiger partial charge < -0.3 is 5.73 Å². The minimum atomic E-state index is -0.851. The van der Waals surface area contributed by atoms with Crippen LogP contribution < -0.4 is 5.73 Å². The van der Waals surface area contributed by atoms with E-state index in [1.807, 2.05) is 24.3 Å². The zero-order valence-corrected chi connectivity index (χ0v) is 12.2. The van der Waals surface area contributed by atoms with Crippen LogP contribution in [0.5, 0.6) is 0 Å². The smallest absolute Gasteiger partial charge is 0.133 e. The van der Waals surface area contributed by atoms with Gasteiger partial charge in [-0.1, -0.05) is 12.1 Å². The fourth-order valence-electron chi connectivity index (χ4n) is 1.42. The Morgan fingerprint density at radius 2 is 1.74 bits per heavy atom. The third-order valence-electron chi connectivity index (χ3n) is 2.33. The van der Waals surface area contributed by atoms with Crippen LogP contribution in [-0.2, 0) is 0 Å². The van der Waals surface area contributed by atoms with E-state index < -0.39 is 10.0 Å². The molecule has 0 amide bonds. The number of nitrogens with zero attached hydrogens (tertiary/aromatic N) is 2. The lowest BCUT2D eigenvalue weighted by atomic mass is 10.1. The molecule has 0 radical (unpaired) electrons. The molecule has 1 heterocycles. The SMILES string of the molecule is CS(C)(C)C#Cc1cncc(-c2ccc(N)cc2)n1. The van der Waals surface area contributed by atoms with Crippen molar-refractivity contribution in [2.75, 3.05) is 24.5 Å². The molecule has 3 nitrogen and oxygen atoms in total. The first-order valence-corrected chi connectivity index (χ1v) is 8.69. The summed E-state index contributed by atoms with van der Waals surface area (Å²) in [7, 11) is -0.851. The third-order valence-corrected chi connectivity index (χ3v) is 3.04. The lowest BCUT2D eigenvalue weighted by Crippen LogP contribution is -1.92. The molecule has 0 saturated carbocycles. The molecule has 0 unspecified atom stereocenters. The predicted molar refractivity (Wildman–Crippen MR) is 84.1 cm³/mol. The zero-order chi connectivity index (χ0) is 13.9. The highest BCUT2D eigenvalue weighted by atomic mass is 32.3. The maximum atomic E-state index is 5.67. The summed E-state index contributed by atoms with van der Waals surface area (Å²) in [5.41, 5.74) is 8.93. The van der Waals surface area contributed by atoms with Crippen LogP contribution in [-0.4, -0.2) is 28.7 Å². The standard InChI is InChI=1S/C15H17N3S/c1-19(2,3)9-8-14-10-17-11-15(18-14)12-4-6-13(16)7-5-12/h4-7,10-11H,16H2,1-3H3. The van der Waals surface area contributed by atoms with E-state index in [1.54, 1.807) is 12.4 Å². The molecule has 0 spiro atoms. The number of nitrogens with two attached hydrogens (primary N) is 1. The molecule has 0 saturated heterocycles. The molecule has 0 bridgehead atoms. The van der Waals surface area contributed by atoms with Crippen LogP contribution in [0.3, 0.4) is 0 Å². The molecule has 1 aromatic heterocycles. The number of anilines is 1. The normalized spacial score (nSPS) is 11.5. The van der Waals surface area contributed by atoms with Gasteiger partial charge in [-0.3, -0.25) is 4.98 Å². The first kappa shape index (κ1) is 13.4. The molecule has 2 N–H and O–H groups in total. The highest BCUT2D eigenvalue weighted by Gasteiger charge is 2.01. The van der Waals surface area contributed by atoms with Crippen molar-refractivity contribution < 1.29 is 0 Å². The van der Waals surface area contributed by atoms with Crippen LogP contribution in [0, 0.1) is 11.2 Å². The van der Waals surface area contributed by atoms with Crippen molar-refractivity contribution >= 4 is 15.7 Å². The number of benzene rings is 1. The molecular formula is C15H17N3S. The quantitative estimate of drug-likeness (QED) is 0.641. The average molecular weight is 271 g/mol. The fraction of sp³-hybridized carbons (Fsp3) is 0.200. The minimum Gasteiger partial charge on any atom is -0.399 e. The van der Waals surface area contributed by atoms with Gasteiger partial charge in [-0.15, -0.1) is 0 Å². The number of aromatic nitrogens is 2. The number of nitrogen functional groups attached to an aromatic ring is 1. The van der Waals surface area contributed by atoms with Gasteiger partial charge >= 0.3 is 0 Å². The summed E-state index contributed by atoms with van der Waals surface area (Å²) in [6.45, 7) is 0. The monoisotopic (exact) mass is 271 g/mol. The second-order valence-electron chi connectivity index (χ2n) is 4.98. The highest BCUT2D eigenvalue weighted by molar-refractivity contribution is 8.35. The Morgan fingerprint density at radius 3 is 2.37 bits per heavy atom. The average Bonchev–Trinajstić information content (AvgIpc) is 2.37. The molecule has 0 atom stereocenters. The van der Waals surface area contributed by atoms with Crippen LogP contribution in [0.25, 0.3) is 11.3 Å². The molecule has 98 valence electrons. The van der Waals surface area contributed by atoms with Gasteiger partial charge in [0.2, 0.25) is 0 Å². The van der Waals surface area contributed by atoms with Crippen LogP contribution in [0.15, 0.2) is 36.7 Å². The molecule has 2 aromatic rings. The first-order valence-electron chi connectivity index (χ1n) is 5.83. The summed E-state index contributed by atoms with van der Waals surface area (Å²) in [6.07, 6.45) is 9.88. The molecule has 1 aromatic carbocycles. The molecule has 0 aliphatic rings. The van der Waals surface area contributed by atoms with Gasteiger partial charge in [0.15, 0.2) is 0 Å². The minimum absolute atomic E-state index is 0.705. The van der Waals surface area contributed by atoms with Crippen molar-refractivity contribution in [3.63, 3.8) is 0 Å². The van der Waals surface area contributed by atoms with Crippen molar-refractivity contribution in [2.24, 2.45) is 0 Å². The fourth-order valence-corrected chi connectivity index (χ4v) is 1.84. The first-order chi connectivity index (χ1) is 8.94. The molecule has 19 heavy (non-hydrogen) atoms. The Morgan fingerprint density at radius 1 is 1.05 bits per heavy atom. The van der Waals surface area contributed by atoms with Crippen molar-refractivity contribution in [3.05, 3.63) is 42.4 Å². The van der Waals surface area contributed by atoms with Crippen molar-refractivity contribution in [1.82, 2.24) is 9.97 Å². The van der Waals surface area contributed by atoms with Gasteiger partial charge in [0.05, 0.1) is 18.1 Å². The van der Waals surface area contributed by atoms with Gasteiger partial charge in [0, 0.05) is 11.3 Å². The summed E-state index contributed by atoms with van der Waals surface area (Å²) in [4.78, 5) is 8.71. The predicted octanol–water partition coefficient (Wildman–Crippen LogP) is 2.73. The maximum Gasteiger partial charge on any atom is 0.133 e. The maximum absolute atomic E-state index is 5.67. The van der Waals surface area contributed by atoms with E-state index in [1.165, 1.54) is 0 Å². The van der Waals surface area contributed by atoms with Crippen LogP contribution in [0.1, 0.15) is 5.69 Å². The summed E-state index contributed by atoms with van der Waals surface area (Å²) in [5.74, 6) is 3.09. The zero-order valence-electron chi connectivity index (χ0n) is 11.3. The Labute approximate surface area is 115 Å². The van der Waals surface area contributed by atoms with Crippen molar-refractivity contribution in [2.45, 2.75) is 0 Å². The van der Waals surface area contributed by atoms with E-state index in [0.717, 1.165) is 16.9 Å². The van der Waals surface area contributed by atoms with E-state index in [9.17, 15) is 0 Å². The summed E-state index contributed by atoms with van der Waals surface area (Å²) in [5, 5.41) is 3.24. The van der Waals surface area contributed by atoms with Gasteiger partial charge in [-0.05, 0) is 42.1 Å². The van der Waals surface area contributed by atoms with Gasteiger partial charge in [0.1, 0.15) is 5.69 Å². The second kappa shape index (κ2) is 5.33. The topological polar surface area (TPSA) is 51.8 Å². The van der Waals surface area contributed by atoms with E-state index in [-0.39, 0.29) is 0 Å². The van der Waals surface area contributed by atoms with Gasteiger partial charge in [-0.25, -0.2) is 4.98 Å². The third kappa shape index (κ3) is 4.01. The molecule has 4 heteroatoms. The Balaban J connectivity index is 2.34. The lowest BCUT2D eigenvalue weighted by molar-refractivity contribution is 1.18.